The van der Waals surface area contributed by atoms with Crippen LogP contribution in [-0.4, -0.2) is 70.9 Å². The zero-order chi connectivity index (χ0) is 38.9. The summed E-state index contributed by atoms with van der Waals surface area (Å²) in [4.78, 5) is 37.3. The first-order valence-electron chi connectivity index (χ1n) is 18.3. The number of urea groups is 1. The number of anilines is 4. The van der Waals surface area contributed by atoms with E-state index in [2.05, 4.69) is 45.1 Å². The Bertz CT molecular complexity index is 2270. The fraction of sp³-hybridized carbons (Fsp3) is 0.262. The van der Waals surface area contributed by atoms with Crippen molar-refractivity contribution in [3.05, 3.63) is 114 Å². The number of ether oxygens (including phenoxy) is 2. The summed E-state index contributed by atoms with van der Waals surface area (Å²) in [5, 5.41) is 18.6. The van der Waals surface area contributed by atoms with Gasteiger partial charge in [-0.1, -0.05) is 62.2 Å². The molecule has 0 bridgehead atoms. The standard InChI is InChI=1S/C42H47N9O4/c1-7-10-28(3)36-26-38(51(49-36)31-15-13-27(2)14-16-31)47-42(53)46-35-17-18-37(34-12-9-8-11-33(34)35)55-39-19-20-44-41(48-39)45-30-23-29(24-32(25-30)54-6)40(52)43-21-22-50(4)5/h8-9,11-20,23-26,28H,7,10,21-22H2,1-6H3,(H,43,52)(H,44,45,48)(H2,46,47,53). The minimum atomic E-state index is -0.403. The number of methoxy groups -OCH3 is 1. The van der Waals surface area contributed by atoms with Gasteiger partial charge in [-0.3, -0.25) is 10.1 Å². The Kier molecular flexibility index (Phi) is 12.2. The van der Waals surface area contributed by atoms with Gasteiger partial charge in [0.05, 0.1) is 24.2 Å². The Labute approximate surface area is 321 Å². The smallest absolute Gasteiger partial charge is 0.324 e. The Balaban J connectivity index is 1.19. The van der Waals surface area contributed by atoms with Crippen molar-refractivity contribution in [3.63, 3.8) is 0 Å². The van der Waals surface area contributed by atoms with Gasteiger partial charge in [0.25, 0.3) is 5.91 Å². The van der Waals surface area contributed by atoms with Crippen LogP contribution in [0, 0.1) is 6.92 Å². The largest absolute Gasteiger partial charge is 0.497 e. The molecule has 0 aliphatic carbocycles. The summed E-state index contributed by atoms with van der Waals surface area (Å²) in [6.45, 7) is 7.56. The number of hydrogen-bond acceptors (Lipinski definition) is 9. The fourth-order valence-corrected chi connectivity index (χ4v) is 6.05. The number of rotatable bonds is 15. The zero-order valence-electron chi connectivity index (χ0n) is 32.0. The van der Waals surface area contributed by atoms with Gasteiger partial charge < -0.3 is 30.3 Å². The topological polar surface area (TPSA) is 148 Å². The van der Waals surface area contributed by atoms with E-state index in [9.17, 15) is 9.59 Å². The number of fused-ring (bicyclic) bond motifs is 1. The average molecular weight is 742 g/mol. The second-order valence-corrected chi connectivity index (χ2v) is 13.6. The van der Waals surface area contributed by atoms with E-state index in [0.29, 0.717) is 53.2 Å². The highest BCUT2D eigenvalue weighted by atomic mass is 16.5. The molecule has 4 N–H and O–H groups in total. The molecular weight excluding hydrogens is 695 g/mol. The van der Waals surface area contributed by atoms with Gasteiger partial charge in [0, 0.05) is 65.4 Å². The van der Waals surface area contributed by atoms with Gasteiger partial charge >= 0.3 is 6.03 Å². The molecule has 2 aromatic heterocycles. The molecule has 1 atom stereocenters. The Hall–Kier alpha value is -6.47. The number of amides is 3. The lowest BCUT2D eigenvalue weighted by molar-refractivity contribution is 0.0950. The van der Waals surface area contributed by atoms with Crippen molar-refractivity contribution in [2.45, 2.75) is 39.5 Å². The maximum Gasteiger partial charge on any atom is 0.324 e. The average Bonchev–Trinajstić information content (AvgIpc) is 3.59. The van der Waals surface area contributed by atoms with Crippen LogP contribution < -0.4 is 30.7 Å². The molecule has 55 heavy (non-hydrogen) atoms. The Morgan fingerprint density at radius 1 is 0.927 bits per heavy atom. The minimum absolute atomic E-state index is 0.218. The van der Waals surface area contributed by atoms with Crippen LogP contribution in [0.15, 0.2) is 97.2 Å². The lowest BCUT2D eigenvalue weighted by Gasteiger charge is -2.15. The van der Waals surface area contributed by atoms with Crippen molar-refractivity contribution in [1.82, 2.24) is 30.0 Å². The molecule has 0 saturated heterocycles. The first-order valence-corrected chi connectivity index (χ1v) is 18.3. The van der Waals surface area contributed by atoms with E-state index in [1.807, 2.05) is 80.5 Å². The molecule has 0 aliphatic heterocycles. The second kappa shape index (κ2) is 17.6. The molecule has 0 radical (unpaired) electrons. The number of aromatic nitrogens is 4. The fourth-order valence-electron chi connectivity index (χ4n) is 6.05. The van der Waals surface area contributed by atoms with E-state index in [1.54, 1.807) is 54.4 Å². The molecule has 6 rings (SSSR count). The summed E-state index contributed by atoms with van der Waals surface area (Å²) in [5.74, 6) is 2.20. The van der Waals surface area contributed by atoms with Crippen molar-refractivity contribution < 1.29 is 19.1 Å². The molecule has 2 heterocycles. The number of nitrogens with zero attached hydrogens (tertiary/aromatic N) is 5. The van der Waals surface area contributed by atoms with Crippen molar-refractivity contribution in [2.75, 3.05) is 50.2 Å². The van der Waals surface area contributed by atoms with Crippen LogP contribution in [0.3, 0.4) is 0 Å². The van der Waals surface area contributed by atoms with Crippen molar-refractivity contribution in [1.29, 1.82) is 0 Å². The van der Waals surface area contributed by atoms with Crippen LogP contribution in [0.25, 0.3) is 16.5 Å². The second-order valence-electron chi connectivity index (χ2n) is 13.6. The predicted molar refractivity (Wildman–Crippen MR) is 217 cm³/mol. The quantitative estimate of drug-likeness (QED) is 0.0813. The van der Waals surface area contributed by atoms with Gasteiger partial charge in [0.15, 0.2) is 0 Å². The van der Waals surface area contributed by atoms with E-state index in [-0.39, 0.29) is 17.8 Å². The van der Waals surface area contributed by atoms with Crippen LogP contribution in [0.1, 0.15) is 54.2 Å². The highest BCUT2D eigenvalue weighted by Crippen LogP contribution is 2.35. The first kappa shape index (κ1) is 38.3. The lowest BCUT2D eigenvalue weighted by atomic mass is 10.0. The number of aryl methyl sites for hydroxylation is 1. The number of hydrogen-bond donors (Lipinski definition) is 4. The maximum absolute atomic E-state index is 13.6. The normalized spacial score (nSPS) is 11.6. The monoisotopic (exact) mass is 741 g/mol. The molecule has 3 amide bonds. The van der Waals surface area contributed by atoms with Gasteiger partial charge in [-0.2, -0.15) is 10.1 Å². The van der Waals surface area contributed by atoms with E-state index < -0.39 is 6.03 Å². The van der Waals surface area contributed by atoms with E-state index in [0.717, 1.165) is 40.6 Å². The number of carbonyl (C=O) groups is 2. The van der Waals surface area contributed by atoms with E-state index >= 15 is 0 Å². The number of benzene rings is 4. The van der Waals surface area contributed by atoms with Crippen LogP contribution in [0.4, 0.5) is 27.9 Å². The third-order valence-electron chi connectivity index (χ3n) is 8.96. The minimum Gasteiger partial charge on any atom is -0.497 e. The van der Waals surface area contributed by atoms with Crippen molar-refractivity contribution in [3.8, 4) is 23.1 Å². The van der Waals surface area contributed by atoms with Gasteiger partial charge in [0.2, 0.25) is 11.8 Å². The predicted octanol–water partition coefficient (Wildman–Crippen LogP) is 8.51. The van der Waals surface area contributed by atoms with Crippen LogP contribution >= 0.6 is 0 Å². The molecule has 0 fully saturated rings. The van der Waals surface area contributed by atoms with E-state index in [4.69, 9.17) is 14.6 Å². The summed E-state index contributed by atoms with van der Waals surface area (Å²) in [5.41, 5.74) is 4.52. The van der Waals surface area contributed by atoms with Gasteiger partial charge in [0.1, 0.15) is 17.3 Å². The molecule has 0 aliphatic rings. The summed E-state index contributed by atoms with van der Waals surface area (Å²) in [6, 6.07) is 27.6. The SMILES string of the molecule is CCCC(C)c1cc(NC(=O)Nc2ccc(Oc3ccnc(Nc4cc(OC)cc(C(=O)NCCN(C)C)c4)n3)c3ccccc23)n(-c2ccc(C)cc2)n1. The third-order valence-corrected chi connectivity index (χ3v) is 8.96. The molecule has 13 heteroatoms. The summed E-state index contributed by atoms with van der Waals surface area (Å²) in [6.07, 6.45) is 3.61. The van der Waals surface area contributed by atoms with Crippen molar-refractivity contribution in [2.24, 2.45) is 0 Å². The molecule has 6 aromatic rings. The lowest BCUT2D eigenvalue weighted by Crippen LogP contribution is -2.31. The molecule has 0 spiro atoms. The van der Waals surface area contributed by atoms with Gasteiger partial charge in [-0.25, -0.2) is 14.5 Å². The van der Waals surface area contributed by atoms with Crippen LogP contribution in [0.2, 0.25) is 0 Å². The van der Waals surface area contributed by atoms with Crippen LogP contribution in [0.5, 0.6) is 17.4 Å². The number of nitrogens with one attached hydrogen (secondary N) is 4. The number of likely N-dealkylation sites (N-methyl/N-ethyl adjacent to an activating group) is 1. The van der Waals surface area contributed by atoms with Crippen LogP contribution in [-0.2, 0) is 0 Å². The maximum atomic E-state index is 13.6. The molecular formula is C42H47N9O4. The zero-order valence-corrected chi connectivity index (χ0v) is 32.0. The first-order chi connectivity index (χ1) is 26.6. The highest BCUT2D eigenvalue weighted by Gasteiger charge is 2.18. The van der Waals surface area contributed by atoms with Crippen molar-refractivity contribution >= 4 is 45.9 Å². The van der Waals surface area contributed by atoms with E-state index in [1.165, 1.54) is 0 Å². The number of carbonyl (C=O) groups excluding carboxylic acids is 2. The van der Waals surface area contributed by atoms with Gasteiger partial charge in [-0.15, -0.1) is 0 Å². The summed E-state index contributed by atoms with van der Waals surface area (Å²) < 4.78 is 13.5. The molecule has 0 saturated carbocycles. The highest BCUT2D eigenvalue weighted by molar-refractivity contribution is 6.07. The Morgan fingerprint density at radius 2 is 1.71 bits per heavy atom. The summed E-state index contributed by atoms with van der Waals surface area (Å²) in [7, 11) is 5.44. The summed E-state index contributed by atoms with van der Waals surface area (Å²) >= 11 is 0. The molecule has 13 nitrogen and oxygen atoms in total. The molecule has 1 unspecified atom stereocenters. The molecule has 4 aromatic carbocycles. The molecule has 284 valence electrons. The third kappa shape index (κ3) is 9.75. The van der Waals surface area contributed by atoms with Gasteiger partial charge in [-0.05, 0) is 63.8 Å². The Morgan fingerprint density at radius 3 is 2.45 bits per heavy atom.